The summed E-state index contributed by atoms with van der Waals surface area (Å²) < 4.78 is 5.46. The number of carbonyl (C=O) groups is 2. The second kappa shape index (κ2) is 6.48. The standard InChI is InChI=1S/C17H22N2O3/c1-2-22-14-8-6-7-13(11-14)19-16(20)12-15(17(19)21)18-9-4-3-5-10-18/h6-8,11,15H,2-5,9-10,12H2,1H3/t15-/m0/s1. The van der Waals surface area contributed by atoms with Crippen LogP contribution in [0.25, 0.3) is 0 Å². The highest BCUT2D eigenvalue weighted by atomic mass is 16.5. The Morgan fingerprint density at radius 1 is 1.18 bits per heavy atom. The second-order valence-corrected chi connectivity index (χ2v) is 5.81. The molecule has 1 aromatic carbocycles. The minimum atomic E-state index is -0.288. The summed E-state index contributed by atoms with van der Waals surface area (Å²) >= 11 is 0. The Hall–Kier alpha value is -1.88. The molecule has 0 spiro atoms. The highest BCUT2D eigenvalue weighted by Crippen LogP contribution is 2.29. The number of ether oxygens (including phenoxy) is 1. The van der Waals surface area contributed by atoms with Crippen LogP contribution in [0.2, 0.25) is 0 Å². The first-order chi connectivity index (χ1) is 10.7. The highest BCUT2D eigenvalue weighted by molar-refractivity contribution is 6.22. The molecule has 0 aliphatic carbocycles. The van der Waals surface area contributed by atoms with Gasteiger partial charge < -0.3 is 4.74 Å². The summed E-state index contributed by atoms with van der Waals surface area (Å²) in [7, 11) is 0. The van der Waals surface area contributed by atoms with Crippen LogP contribution in [0.5, 0.6) is 5.75 Å². The van der Waals surface area contributed by atoms with Crippen molar-refractivity contribution < 1.29 is 14.3 Å². The van der Waals surface area contributed by atoms with Crippen LogP contribution >= 0.6 is 0 Å². The molecule has 2 aliphatic rings. The van der Waals surface area contributed by atoms with Crippen LogP contribution in [0.1, 0.15) is 32.6 Å². The van der Waals surface area contributed by atoms with Gasteiger partial charge in [0.25, 0.3) is 5.91 Å². The maximum absolute atomic E-state index is 12.7. The summed E-state index contributed by atoms with van der Waals surface area (Å²) in [6, 6.07) is 6.91. The van der Waals surface area contributed by atoms with Crippen molar-refractivity contribution in [1.29, 1.82) is 0 Å². The monoisotopic (exact) mass is 302 g/mol. The second-order valence-electron chi connectivity index (χ2n) is 5.81. The summed E-state index contributed by atoms with van der Waals surface area (Å²) in [6.45, 7) is 4.29. The molecule has 3 rings (SSSR count). The van der Waals surface area contributed by atoms with Gasteiger partial charge in [-0.2, -0.15) is 0 Å². The van der Waals surface area contributed by atoms with E-state index in [1.165, 1.54) is 11.3 Å². The SMILES string of the molecule is CCOc1cccc(N2C(=O)C[C@H](N3CCCCC3)C2=O)c1. The van der Waals surface area contributed by atoms with Crippen molar-refractivity contribution in [2.24, 2.45) is 0 Å². The number of anilines is 1. The Bertz CT molecular complexity index is 567. The number of benzene rings is 1. The van der Waals surface area contributed by atoms with E-state index in [0.717, 1.165) is 25.9 Å². The van der Waals surface area contributed by atoms with Crippen molar-refractivity contribution in [2.45, 2.75) is 38.6 Å². The number of hydrogen-bond acceptors (Lipinski definition) is 4. The number of nitrogens with zero attached hydrogens (tertiary/aromatic N) is 2. The fourth-order valence-electron chi connectivity index (χ4n) is 3.28. The average molecular weight is 302 g/mol. The van der Waals surface area contributed by atoms with E-state index < -0.39 is 0 Å². The van der Waals surface area contributed by atoms with Crippen LogP contribution in [0.3, 0.4) is 0 Å². The fourth-order valence-corrected chi connectivity index (χ4v) is 3.28. The molecule has 2 heterocycles. The Balaban J connectivity index is 1.80. The van der Waals surface area contributed by atoms with Gasteiger partial charge in [-0.1, -0.05) is 12.5 Å². The molecule has 0 N–H and O–H groups in total. The minimum Gasteiger partial charge on any atom is -0.494 e. The first kappa shape index (κ1) is 15.0. The summed E-state index contributed by atoms with van der Waals surface area (Å²) in [5.41, 5.74) is 0.612. The molecule has 1 aromatic rings. The maximum atomic E-state index is 12.7. The number of imide groups is 1. The average Bonchev–Trinajstić information content (AvgIpc) is 2.84. The van der Waals surface area contributed by atoms with Crippen molar-refractivity contribution in [1.82, 2.24) is 4.90 Å². The van der Waals surface area contributed by atoms with E-state index in [1.54, 1.807) is 12.1 Å². The molecule has 5 heteroatoms. The summed E-state index contributed by atoms with van der Waals surface area (Å²) in [5.74, 6) is 0.469. The maximum Gasteiger partial charge on any atom is 0.251 e. The predicted molar refractivity (Wildman–Crippen MR) is 83.9 cm³/mol. The molecule has 1 atom stereocenters. The van der Waals surface area contributed by atoms with Gasteiger partial charge >= 0.3 is 0 Å². The van der Waals surface area contributed by atoms with Crippen LogP contribution in [0.4, 0.5) is 5.69 Å². The number of piperidine rings is 1. The first-order valence-corrected chi connectivity index (χ1v) is 8.04. The molecule has 2 aliphatic heterocycles. The number of rotatable bonds is 4. The third-order valence-corrected chi connectivity index (χ3v) is 4.34. The van der Waals surface area contributed by atoms with Crippen LogP contribution < -0.4 is 9.64 Å². The van der Waals surface area contributed by atoms with Gasteiger partial charge in [-0.15, -0.1) is 0 Å². The predicted octanol–water partition coefficient (Wildman–Crippen LogP) is 2.20. The lowest BCUT2D eigenvalue weighted by Gasteiger charge is -2.30. The van der Waals surface area contributed by atoms with Gasteiger partial charge in [0, 0.05) is 6.07 Å². The smallest absolute Gasteiger partial charge is 0.251 e. The first-order valence-electron chi connectivity index (χ1n) is 8.04. The zero-order chi connectivity index (χ0) is 15.5. The van der Waals surface area contributed by atoms with Crippen molar-refractivity contribution in [2.75, 3.05) is 24.6 Å². The lowest BCUT2D eigenvalue weighted by Crippen LogP contribution is -2.44. The van der Waals surface area contributed by atoms with Crippen LogP contribution in [0, 0.1) is 0 Å². The molecule has 2 saturated heterocycles. The highest BCUT2D eigenvalue weighted by Gasteiger charge is 2.42. The molecule has 0 aromatic heterocycles. The zero-order valence-corrected chi connectivity index (χ0v) is 13.0. The van der Waals surface area contributed by atoms with Crippen LogP contribution in [0.15, 0.2) is 24.3 Å². The van der Waals surface area contributed by atoms with E-state index in [2.05, 4.69) is 4.90 Å². The van der Waals surface area contributed by atoms with Crippen molar-refractivity contribution in [3.63, 3.8) is 0 Å². The Morgan fingerprint density at radius 3 is 2.68 bits per heavy atom. The quantitative estimate of drug-likeness (QED) is 0.800. The molecule has 0 saturated carbocycles. The number of carbonyl (C=O) groups excluding carboxylic acids is 2. The molecule has 2 fully saturated rings. The molecule has 0 unspecified atom stereocenters. The van der Waals surface area contributed by atoms with E-state index in [0.29, 0.717) is 18.0 Å². The van der Waals surface area contributed by atoms with Gasteiger partial charge in [0.15, 0.2) is 0 Å². The Morgan fingerprint density at radius 2 is 1.95 bits per heavy atom. The van der Waals surface area contributed by atoms with E-state index >= 15 is 0 Å². The fraction of sp³-hybridized carbons (Fsp3) is 0.529. The molecular weight excluding hydrogens is 280 g/mol. The van der Waals surface area contributed by atoms with Gasteiger partial charge in [-0.05, 0) is 45.0 Å². The van der Waals surface area contributed by atoms with Crippen molar-refractivity contribution >= 4 is 17.5 Å². The van der Waals surface area contributed by atoms with Crippen molar-refractivity contribution in [3.8, 4) is 5.75 Å². The van der Waals surface area contributed by atoms with Crippen molar-refractivity contribution in [3.05, 3.63) is 24.3 Å². The number of likely N-dealkylation sites (tertiary alicyclic amines) is 1. The molecule has 5 nitrogen and oxygen atoms in total. The number of amides is 2. The van der Waals surface area contributed by atoms with Gasteiger partial charge in [0.05, 0.1) is 24.8 Å². The van der Waals surface area contributed by atoms with Gasteiger partial charge in [0.2, 0.25) is 5.91 Å². The normalized spacial score (nSPS) is 23.1. The third kappa shape index (κ3) is 2.86. The lowest BCUT2D eigenvalue weighted by molar-refractivity contribution is -0.123. The largest absolute Gasteiger partial charge is 0.494 e. The van der Waals surface area contributed by atoms with Crippen LogP contribution in [-0.2, 0) is 9.59 Å². The van der Waals surface area contributed by atoms with Gasteiger partial charge in [-0.3, -0.25) is 14.5 Å². The third-order valence-electron chi connectivity index (χ3n) is 4.34. The summed E-state index contributed by atoms with van der Waals surface area (Å²) in [6.07, 6.45) is 3.72. The topological polar surface area (TPSA) is 49.9 Å². The van der Waals surface area contributed by atoms with E-state index in [9.17, 15) is 9.59 Å². The lowest BCUT2D eigenvalue weighted by atomic mass is 10.1. The van der Waals surface area contributed by atoms with E-state index in [1.807, 2.05) is 19.1 Å². The molecule has 0 radical (unpaired) electrons. The minimum absolute atomic E-state index is 0.0967. The Kier molecular flexibility index (Phi) is 4.43. The number of hydrogen-bond donors (Lipinski definition) is 0. The molecule has 2 amide bonds. The molecule has 118 valence electrons. The molecular formula is C17H22N2O3. The van der Waals surface area contributed by atoms with Gasteiger partial charge in [0.1, 0.15) is 5.75 Å². The van der Waals surface area contributed by atoms with E-state index in [4.69, 9.17) is 4.74 Å². The van der Waals surface area contributed by atoms with Gasteiger partial charge in [-0.25, -0.2) is 4.90 Å². The van der Waals surface area contributed by atoms with E-state index in [-0.39, 0.29) is 24.3 Å². The Labute approximate surface area is 130 Å². The molecule has 22 heavy (non-hydrogen) atoms. The molecule has 0 bridgehead atoms. The summed E-state index contributed by atoms with van der Waals surface area (Å²) in [4.78, 5) is 28.5. The summed E-state index contributed by atoms with van der Waals surface area (Å²) in [5, 5.41) is 0. The van der Waals surface area contributed by atoms with Crippen LogP contribution in [-0.4, -0.2) is 42.5 Å². The zero-order valence-electron chi connectivity index (χ0n) is 13.0.